The molecule has 0 bridgehead atoms. The minimum Gasteiger partial charge on any atom is -0.475 e. The third-order valence-electron chi connectivity index (χ3n) is 2.86. The lowest BCUT2D eigenvalue weighted by molar-refractivity contribution is 0.0659. The van der Waals surface area contributed by atoms with Crippen molar-refractivity contribution in [2.75, 3.05) is 0 Å². The molecule has 0 atom stereocenters. The van der Waals surface area contributed by atoms with E-state index in [9.17, 15) is 4.79 Å². The van der Waals surface area contributed by atoms with Crippen molar-refractivity contribution in [1.29, 1.82) is 0 Å². The molecule has 1 aliphatic carbocycles. The summed E-state index contributed by atoms with van der Waals surface area (Å²) in [6.45, 7) is 0. The van der Waals surface area contributed by atoms with E-state index in [1.807, 2.05) is 0 Å². The smallest absolute Gasteiger partial charge is 0.373 e. The summed E-state index contributed by atoms with van der Waals surface area (Å²) in [6.07, 6.45) is 5.04. The molecule has 0 aliphatic heterocycles. The van der Waals surface area contributed by atoms with E-state index >= 15 is 0 Å². The summed E-state index contributed by atoms with van der Waals surface area (Å²) < 4.78 is 5.17. The summed E-state index contributed by atoms with van der Waals surface area (Å²) in [5, 5.41) is 8.68. The van der Waals surface area contributed by atoms with Crippen molar-refractivity contribution >= 4 is 5.97 Å². The molecule has 2 rings (SSSR count). The summed E-state index contributed by atoms with van der Waals surface area (Å²) in [5.41, 5.74) is 5.78. The first kappa shape index (κ1) is 10.2. The summed E-state index contributed by atoms with van der Waals surface area (Å²) in [6, 6.07) is 0.273. The van der Waals surface area contributed by atoms with E-state index in [2.05, 4.69) is 4.98 Å². The van der Waals surface area contributed by atoms with Gasteiger partial charge in [-0.25, -0.2) is 9.78 Å². The first-order chi connectivity index (χ1) is 7.16. The van der Waals surface area contributed by atoms with E-state index in [0.29, 0.717) is 5.89 Å². The van der Waals surface area contributed by atoms with Crippen molar-refractivity contribution in [2.45, 2.75) is 37.6 Å². The van der Waals surface area contributed by atoms with Crippen molar-refractivity contribution in [1.82, 2.24) is 4.98 Å². The fourth-order valence-electron chi connectivity index (χ4n) is 1.94. The number of rotatable bonds is 2. The molecule has 82 valence electrons. The number of aromatic carboxylic acids is 1. The zero-order chi connectivity index (χ0) is 10.8. The molecule has 1 saturated carbocycles. The Morgan fingerprint density at radius 1 is 1.47 bits per heavy atom. The van der Waals surface area contributed by atoms with Crippen molar-refractivity contribution < 1.29 is 14.3 Å². The van der Waals surface area contributed by atoms with Gasteiger partial charge in [-0.2, -0.15) is 0 Å². The number of nitrogens with two attached hydrogens (primary N) is 1. The van der Waals surface area contributed by atoms with Crippen LogP contribution >= 0.6 is 0 Å². The van der Waals surface area contributed by atoms with Gasteiger partial charge in [0, 0.05) is 12.0 Å². The summed E-state index contributed by atoms with van der Waals surface area (Å²) in [4.78, 5) is 14.6. The Morgan fingerprint density at radius 2 is 2.13 bits per heavy atom. The fraction of sp³-hybridized carbons (Fsp3) is 0.600. The van der Waals surface area contributed by atoms with Gasteiger partial charge in [0.2, 0.25) is 5.76 Å². The van der Waals surface area contributed by atoms with E-state index < -0.39 is 5.97 Å². The number of hydrogen-bond acceptors (Lipinski definition) is 4. The summed E-state index contributed by atoms with van der Waals surface area (Å²) in [7, 11) is 0. The molecule has 1 aliphatic rings. The van der Waals surface area contributed by atoms with Crippen LogP contribution in [0.4, 0.5) is 0 Å². The van der Waals surface area contributed by atoms with Gasteiger partial charge in [0.1, 0.15) is 0 Å². The van der Waals surface area contributed by atoms with Gasteiger partial charge in [-0.05, 0) is 25.7 Å². The van der Waals surface area contributed by atoms with Crippen molar-refractivity contribution in [2.24, 2.45) is 5.73 Å². The van der Waals surface area contributed by atoms with Gasteiger partial charge >= 0.3 is 5.97 Å². The minimum atomic E-state index is -1.07. The van der Waals surface area contributed by atoms with Crippen LogP contribution in [0.1, 0.15) is 48.0 Å². The maximum atomic E-state index is 10.6. The molecule has 5 heteroatoms. The van der Waals surface area contributed by atoms with Gasteiger partial charge < -0.3 is 15.3 Å². The van der Waals surface area contributed by atoms with Crippen LogP contribution in [0.25, 0.3) is 0 Å². The quantitative estimate of drug-likeness (QED) is 0.769. The number of hydrogen-bond donors (Lipinski definition) is 2. The molecule has 5 nitrogen and oxygen atoms in total. The second-order valence-corrected chi connectivity index (χ2v) is 3.98. The van der Waals surface area contributed by atoms with Gasteiger partial charge in [0.15, 0.2) is 5.89 Å². The monoisotopic (exact) mass is 210 g/mol. The Balaban J connectivity index is 2.06. The second kappa shape index (κ2) is 4.02. The molecule has 0 unspecified atom stereocenters. The van der Waals surface area contributed by atoms with Crippen molar-refractivity contribution in [3.63, 3.8) is 0 Å². The van der Waals surface area contributed by atoms with Gasteiger partial charge in [-0.1, -0.05) is 0 Å². The third kappa shape index (κ3) is 2.18. The first-order valence-electron chi connectivity index (χ1n) is 5.11. The molecular weight excluding hydrogens is 196 g/mol. The highest BCUT2D eigenvalue weighted by molar-refractivity contribution is 5.83. The van der Waals surface area contributed by atoms with E-state index in [0.717, 1.165) is 25.7 Å². The Labute approximate surface area is 87.3 Å². The molecule has 1 aromatic heterocycles. The molecule has 0 saturated heterocycles. The number of carboxylic acid groups (broad SMARTS) is 1. The first-order valence-corrected chi connectivity index (χ1v) is 5.11. The molecule has 1 fully saturated rings. The predicted octanol–water partition coefficient (Wildman–Crippen LogP) is 1.36. The predicted molar refractivity (Wildman–Crippen MR) is 52.6 cm³/mol. The van der Waals surface area contributed by atoms with E-state index in [1.165, 1.54) is 6.20 Å². The number of nitrogens with zero attached hydrogens (tertiary/aromatic N) is 1. The van der Waals surface area contributed by atoms with Crippen molar-refractivity contribution in [3.8, 4) is 0 Å². The van der Waals surface area contributed by atoms with Gasteiger partial charge in [0.05, 0.1) is 6.20 Å². The normalized spacial score (nSPS) is 26.5. The van der Waals surface area contributed by atoms with E-state index in [4.69, 9.17) is 15.3 Å². The zero-order valence-corrected chi connectivity index (χ0v) is 8.35. The SMILES string of the molecule is NC1CCC(c2ncc(C(=O)O)o2)CC1. The highest BCUT2D eigenvalue weighted by Gasteiger charge is 2.24. The molecule has 0 aromatic carbocycles. The van der Waals surface area contributed by atoms with Crippen LogP contribution in [-0.4, -0.2) is 22.1 Å². The Kier molecular flexibility index (Phi) is 2.73. The standard InChI is InChI=1S/C10H14N2O3/c11-7-3-1-6(2-4-7)9-12-5-8(15-9)10(13)14/h5-7H,1-4,11H2,(H,13,14). The van der Waals surface area contributed by atoms with Gasteiger partial charge in [-0.15, -0.1) is 0 Å². The lowest BCUT2D eigenvalue weighted by atomic mass is 9.86. The number of oxazole rings is 1. The average Bonchev–Trinajstić information content (AvgIpc) is 2.68. The van der Waals surface area contributed by atoms with E-state index in [-0.39, 0.29) is 17.7 Å². The molecular formula is C10H14N2O3. The number of carbonyl (C=O) groups is 1. The zero-order valence-electron chi connectivity index (χ0n) is 8.35. The fourth-order valence-corrected chi connectivity index (χ4v) is 1.94. The third-order valence-corrected chi connectivity index (χ3v) is 2.86. The highest BCUT2D eigenvalue weighted by Crippen LogP contribution is 2.31. The van der Waals surface area contributed by atoms with Crippen LogP contribution < -0.4 is 5.73 Å². The van der Waals surface area contributed by atoms with Crippen LogP contribution in [0, 0.1) is 0 Å². The molecule has 0 radical (unpaired) electrons. The molecule has 0 spiro atoms. The minimum absolute atomic E-state index is 0.0835. The summed E-state index contributed by atoms with van der Waals surface area (Å²) >= 11 is 0. The average molecular weight is 210 g/mol. The van der Waals surface area contributed by atoms with Crippen LogP contribution in [0.15, 0.2) is 10.6 Å². The molecule has 1 heterocycles. The van der Waals surface area contributed by atoms with Crippen LogP contribution in [0.2, 0.25) is 0 Å². The molecule has 0 amide bonds. The highest BCUT2D eigenvalue weighted by atomic mass is 16.4. The number of aromatic nitrogens is 1. The Morgan fingerprint density at radius 3 is 2.67 bits per heavy atom. The Hall–Kier alpha value is -1.36. The topological polar surface area (TPSA) is 89.3 Å². The van der Waals surface area contributed by atoms with Gasteiger partial charge in [-0.3, -0.25) is 0 Å². The maximum Gasteiger partial charge on any atom is 0.373 e. The van der Waals surface area contributed by atoms with E-state index in [1.54, 1.807) is 0 Å². The van der Waals surface area contributed by atoms with Crippen LogP contribution in [0.5, 0.6) is 0 Å². The van der Waals surface area contributed by atoms with Crippen LogP contribution in [-0.2, 0) is 0 Å². The van der Waals surface area contributed by atoms with Crippen molar-refractivity contribution in [3.05, 3.63) is 17.8 Å². The lowest BCUT2D eigenvalue weighted by Crippen LogP contribution is -2.25. The molecule has 3 N–H and O–H groups in total. The summed E-state index contributed by atoms with van der Waals surface area (Å²) in [5.74, 6) is -0.377. The maximum absolute atomic E-state index is 10.6. The molecule has 15 heavy (non-hydrogen) atoms. The number of carboxylic acids is 1. The second-order valence-electron chi connectivity index (χ2n) is 3.98. The lowest BCUT2D eigenvalue weighted by Gasteiger charge is -2.23. The molecule has 1 aromatic rings. The van der Waals surface area contributed by atoms with Gasteiger partial charge in [0.25, 0.3) is 0 Å². The Bertz CT molecular complexity index is 353. The van der Waals surface area contributed by atoms with Crippen LogP contribution in [0.3, 0.4) is 0 Å². The largest absolute Gasteiger partial charge is 0.475 e.